The van der Waals surface area contributed by atoms with Crippen LogP contribution < -0.4 is 0 Å². The first kappa shape index (κ1) is 7.48. The van der Waals surface area contributed by atoms with E-state index in [1.54, 1.807) is 0 Å². The molecule has 0 saturated carbocycles. The third-order valence-electron chi connectivity index (χ3n) is 1.62. The van der Waals surface area contributed by atoms with Gasteiger partial charge in [-0.25, -0.2) is 4.39 Å². The summed E-state index contributed by atoms with van der Waals surface area (Å²) in [7, 11) is 0. The number of halogens is 2. The Morgan fingerprint density at radius 2 is 2.56 bits per heavy atom. The first-order valence-corrected chi connectivity index (χ1v) is 4.24. The molecule has 0 spiro atoms. The molecule has 0 aliphatic carbocycles. The number of hydrogen-bond acceptors (Lipinski definition) is 1. The molecule has 0 aromatic rings. The van der Waals surface area contributed by atoms with Gasteiger partial charge in [0, 0.05) is 17.9 Å². The molecule has 0 aromatic heterocycles. The molecule has 9 heavy (non-hydrogen) atoms. The summed E-state index contributed by atoms with van der Waals surface area (Å²) in [5.74, 6) is 0.143. The molecule has 3 heteroatoms. The van der Waals surface area contributed by atoms with Crippen molar-refractivity contribution < 1.29 is 9.13 Å². The minimum Gasteiger partial charge on any atom is -0.381 e. The highest BCUT2D eigenvalue weighted by Gasteiger charge is 2.23. The van der Waals surface area contributed by atoms with Gasteiger partial charge in [0.15, 0.2) is 0 Å². The van der Waals surface area contributed by atoms with Gasteiger partial charge < -0.3 is 4.74 Å². The number of alkyl halides is 2. The van der Waals surface area contributed by atoms with E-state index >= 15 is 0 Å². The Morgan fingerprint density at radius 1 is 1.78 bits per heavy atom. The largest absolute Gasteiger partial charge is 0.381 e. The molecule has 1 fully saturated rings. The Balaban J connectivity index is 2.24. The minimum atomic E-state index is -0.715. The molecule has 0 radical (unpaired) electrons. The normalized spacial score (nSPS) is 30.7. The molecule has 0 N–H and O–H groups in total. The smallest absolute Gasteiger partial charge is 0.115 e. The summed E-state index contributed by atoms with van der Waals surface area (Å²) in [5, 5.41) is 0.445. The van der Waals surface area contributed by atoms with Crippen molar-refractivity contribution in [2.24, 2.45) is 5.92 Å². The summed E-state index contributed by atoms with van der Waals surface area (Å²) >= 11 is 3.09. The van der Waals surface area contributed by atoms with Crippen LogP contribution in [-0.4, -0.2) is 24.7 Å². The van der Waals surface area contributed by atoms with Crippen LogP contribution in [0.15, 0.2) is 0 Å². The first-order chi connectivity index (χ1) is 4.34. The van der Waals surface area contributed by atoms with Crippen LogP contribution in [0.4, 0.5) is 4.39 Å². The predicted octanol–water partition coefficient (Wildman–Crippen LogP) is 1.76. The summed E-state index contributed by atoms with van der Waals surface area (Å²) in [6.45, 7) is 1.34. The van der Waals surface area contributed by atoms with Crippen LogP contribution in [0.25, 0.3) is 0 Å². The number of rotatable bonds is 2. The maximum absolute atomic E-state index is 12.7. The minimum absolute atomic E-state index is 0.143. The van der Waals surface area contributed by atoms with Gasteiger partial charge in [-0.2, -0.15) is 0 Å². The topological polar surface area (TPSA) is 9.23 Å². The first-order valence-electron chi connectivity index (χ1n) is 3.12. The Bertz CT molecular complexity index is 83.1. The van der Waals surface area contributed by atoms with Gasteiger partial charge in [-0.05, 0) is 6.42 Å². The van der Waals surface area contributed by atoms with Gasteiger partial charge in [-0.3, -0.25) is 0 Å². The van der Waals surface area contributed by atoms with Gasteiger partial charge in [0.2, 0.25) is 0 Å². The Kier molecular flexibility index (Phi) is 2.92. The van der Waals surface area contributed by atoms with E-state index in [1.807, 2.05) is 0 Å². The summed E-state index contributed by atoms with van der Waals surface area (Å²) in [4.78, 5) is 0. The summed E-state index contributed by atoms with van der Waals surface area (Å²) in [6, 6.07) is 0. The second-order valence-corrected chi connectivity index (χ2v) is 2.94. The lowest BCUT2D eigenvalue weighted by atomic mass is 10.1. The van der Waals surface area contributed by atoms with Crippen molar-refractivity contribution in [2.45, 2.75) is 12.6 Å². The fraction of sp³-hybridized carbons (Fsp3) is 1.00. The van der Waals surface area contributed by atoms with Crippen molar-refractivity contribution in [3.05, 3.63) is 0 Å². The molecular weight excluding hydrogens is 187 g/mol. The average Bonchev–Trinajstić information content (AvgIpc) is 2.37. The van der Waals surface area contributed by atoms with E-state index in [0.717, 1.165) is 13.0 Å². The highest BCUT2D eigenvalue weighted by Crippen LogP contribution is 2.20. The van der Waals surface area contributed by atoms with E-state index < -0.39 is 6.17 Å². The zero-order chi connectivity index (χ0) is 6.69. The van der Waals surface area contributed by atoms with Gasteiger partial charge >= 0.3 is 0 Å². The molecule has 1 rings (SSSR count). The van der Waals surface area contributed by atoms with E-state index in [-0.39, 0.29) is 5.92 Å². The van der Waals surface area contributed by atoms with E-state index in [1.165, 1.54) is 0 Å². The molecule has 0 amide bonds. The van der Waals surface area contributed by atoms with Crippen molar-refractivity contribution >= 4 is 15.9 Å². The fourth-order valence-electron chi connectivity index (χ4n) is 0.964. The fourth-order valence-corrected chi connectivity index (χ4v) is 1.49. The predicted molar refractivity (Wildman–Crippen MR) is 37.6 cm³/mol. The maximum atomic E-state index is 12.7. The quantitative estimate of drug-likeness (QED) is 0.613. The van der Waals surface area contributed by atoms with Gasteiger partial charge in [0.25, 0.3) is 0 Å². The second-order valence-electron chi connectivity index (χ2n) is 2.29. The molecule has 0 aromatic carbocycles. The molecule has 1 aliphatic heterocycles. The highest BCUT2D eigenvalue weighted by atomic mass is 79.9. The third kappa shape index (κ3) is 1.90. The van der Waals surface area contributed by atoms with Gasteiger partial charge in [-0.1, -0.05) is 15.9 Å². The highest BCUT2D eigenvalue weighted by molar-refractivity contribution is 9.09. The lowest BCUT2D eigenvalue weighted by Gasteiger charge is -2.09. The zero-order valence-corrected chi connectivity index (χ0v) is 6.73. The third-order valence-corrected chi connectivity index (χ3v) is 2.24. The maximum Gasteiger partial charge on any atom is 0.115 e. The SMILES string of the molecule is F[C@H](CBr)[C@@H]1CCOC1. The van der Waals surface area contributed by atoms with Gasteiger partial charge in [0.05, 0.1) is 6.61 Å². The summed E-state index contributed by atoms with van der Waals surface area (Å²) in [5.41, 5.74) is 0. The van der Waals surface area contributed by atoms with Crippen LogP contribution in [0.3, 0.4) is 0 Å². The average molecular weight is 197 g/mol. The Hall–Kier alpha value is 0.370. The van der Waals surface area contributed by atoms with Crippen LogP contribution in [-0.2, 0) is 4.74 Å². The standard InChI is InChI=1S/C6H10BrFO/c7-3-6(8)5-1-2-9-4-5/h5-6H,1-4H2/t5-,6-/m1/s1. The number of ether oxygens (including phenoxy) is 1. The molecule has 1 aliphatic rings. The molecule has 54 valence electrons. The summed E-state index contributed by atoms with van der Waals surface area (Å²) < 4.78 is 17.7. The van der Waals surface area contributed by atoms with Crippen molar-refractivity contribution in [1.29, 1.82) is 0 Å². The van der Waals surface area contributed by atoms with E-state index in [2.05, 4.69) is 15.9 Å². The Labute approximate surface area is 62.7 Å². The lowest BCUT2D eigenvalue weighted by molar-refractivity contribution is 0.162. The van der Waals surface area contributed by atoms with E-state index in [4.69, 9.17) is 4.74 Å². The molecule has 1 heterocycles. The van der Waals surface area contributed by atoms with Crippen molar-refractivity contribution in [3.63, 3.8) is 0 Å². The van der Waals surface area contributed by atoms with Gasteiger partial charge in [0.1, 0.15) is 6.17 Å². The van der Waals surface area contributed by atoms with Crippen LogP contribution >= 0.6 is 15.9 Å². The molecule has 1 saturated heterocycles. The molecule has 0 unspecified atom stereocenters. The molecular formula is C6H10BrFO. The molecule has 0 bridgehead atoms. The molecule has 1 nitrogen and oxygen atoms in total. The van der Waals surface area contributed by atoms with Crippen molar-refractivity contribution in [1.82, 2.24) is 0 Å². The molecule has 2 atom stereocenters. The van der Waals surface area contributed by atoms with Crippen molar-refractivity contribution in [2.75, 3.05) is 18.5 Å². The van der Waals surface area contributed by atoms with Crippen LogP contribution in [0.5, 0.6) is 0 Å². The van der Waals surface area contributed by atoms with Crippen LogP contribution in [0, 0.1) is 5.92 Å². The lowest BCUT2D eigenvalue weighted by Crippen LogP contribution is -2.16. The second kappa shape index (κ2) is 3.52. The Morgan fingerprint density at radius 3 is 3.00 bits per heavy atom. The zero-order valence-electron chi connectivity index (χ0n) is 5.15. The number of hydrogen-bond donors (Lipinski definition) is 0. The van der Waals surface area contributed by atoms with Crippen LogP contribution in [0.1, 0.15) is 6.42 Å². The summed E-state index contributed by atoms with van der Waals surface area (Å²) in [6.07, 6.45) is 0.166. The monoisotopic (exact) mass is 196 g/mol. The van der Waals surface area contributed by atoms with Crippen LogP contribution in [0.2, 0.25) is 0 Å². The van der Waals surface area contributed by atoms with E-state index in [0.29, 0.717) is 11.9 Å². The van der Waals surface area contributed by atoms with Crippen molar-refractivity contribution in [3.8, 4) is 0 Å². The van der Waals surface area contributed by atoms with E-state index in [9.17, 15) is 4.39 Å². The van der Waals surface area contributed by atoms with Gasteiger partial charge in [-0.15, -0.1) is 0 Å².